The molecule has 28 heavy (non-hydrogen) atoms. The quantitative estimate of drug-likeness (QED) is 0.674. The molecule has 1 amide bonds. The van der Waals surface area contributed by atoms with Gasteiger partial charge in [0.15, 0.2) is 0 Å². The number of piperidine rings is 1. The van der Waals surface area contributed by atoms with E-state index in [0.717, 1.165) is 42.0 Å². The zero-order valence-corrected chi connectivity index (χ0v) is 17.4. The van der Waals surface area contributed by atoms with Gasteiger partial charge in [0.1, 0.15) is 22.8 Å². The van der Waals surface area contributed by atoms with E-state index in [1.165, 1.54) is 10.4 Å². The molecule has 1 aliphatic heterocycles. The second-order valence-electron chi connectivity index (χ2n) is 6.88. The van der Waals surface area contributed by atoms with Gasteiger partial charge < -0.3 is 16.0 Å². The van der Waals surface area contributed by atoms with Crippen LogP contribution in [-0.2, 0) is 4.79 Å². The fourth-order valence-electron chi connectivity index (χ4n) is 3.48. The summed E-state index contributed by atoms with van der Waals surface area (Å²) < 4.78 is 0. The Hall–Kier alpha value is -2.45. The highest BCUT2D eigenvalue weighted by molar-refractivity contribution is 7.18. The lowest BCUT2D eigenvalue weighted by Gasteiger charge is -2.32. The Morgan fingerprint density at radius 1 is 1.21 bits per heavy atom. The van der Waals surface area contributed by atoms with Crippen LogP contribution < -0.4 is 16.0 Å². The van der Waals surface area contributed by atoms with Crippen LogP contribution in [0.3, 0.4) is 0 Å². The van der Waals surface area contributed by atoms with E-state index in [1.807, 2.05) is 0 Å². The molecule has 3 aromatic rings. The highest BCUT2D eigenvalue weighted by atomic mass is 35.5. The molecule has 4 rings (SSSR count). The van der Waals surface area contributed by atoms with Gasteiger partial charge in [0.05, 0.1) is 17.3 Å². The van der Waals surface area contributed by atoms with E-state index in [4.69, 9.17) is 5.73 Å². The van der Waals surface area contributed by atoms with Gasteiger partial charge in [-0.15, -0.1) is 23.7 Å². The Morgan fingerprint density at radius 3 is 2.64 bits per heavy atom. The molecule has 1 saturated heterocycles. The van der Waals surface area contributed by atoms with Gasteiger partial charge in [-0.3, -0.25) is 4.79 Å². The summed E-state index contributed by atoms with van der Waals surface area (Å²) in [5.41, 5.74) is 7.51. The molecular formula is C19H23ClN6OS. The number of carbonyl (C=O) groups excluding carboxylic acids is 1. The number of aryl methyl sites for hydroxylation is 2. The van der Waals surface area contributed by atoms with Crippen LogP contribution in [0, 0.1) is 19.8 Å². The van der Waals surface area contributed by atoms with Crippen molar-refractivity contribution in [3.05, 3.63) is 35.1 Å². The van der Waals surface area contributed by atoms with Gasteiger partial charge in [-0.25, -0.2) is 15.0 Å². The van der Waals surface area contributed by atoms with Crippen molar-refractivity contribution in [1.82, 2.24) is 15.0 Å². The van der Waals surface area contributed by atoms with Crippen molar-refractivity contribution in [3.8, 4) is 0 Å². The summed E-state index contributed by atoms with van der Waals surface area (Å²) in [4.78, 5) is 30.1. The van der Waals surface area contributed by atoms with Crippen LogP contribution in [0.4, 0.5) is 17.3 Å². The van der Waals surface area contributed by atoms with Crippen molar-refractivity contribution >= 4 is 57.2 Å². The first kappa shape index (κ1) is 20.3. The molecule has 0 aliphatic carbocycles. The average Bonchev–Trinajstić information content (AvgIpc) is 2.98. The van der Waals surface area contributed by atoms with Crippen molar-refractivity contribution in [2.45, 2.75) is 26.7 Å². The largest absolute Gasteiger partial charge is 0.384 e. The highest BCUT2D eigenvalue weighted by Gasteiger charge is 2.27. The number of carbonyl (C=O) groups is 1. The topological polar surface area (TPSA) is 97.0 Å². The van der Waals surface area contributed by atoms with E-state index in [1.54, 1.807) is 36.0 Å². The van der Waals surface area contributed by atoms with Gasteiger partial charge in [0, 0.05) is 23.9 Å². The lowest BCUT2D eigenvalue weighted by atomic mass is 9.95. The third kappa shape index (κ3) is 3.88. The van der Waals surface area contributed by atoms with Crippen LogP contribution in [0.5, 0.6) is 0 Å². The molecule has 3 N–H and O–H groups in total. The molecule has 0 unspecified atom stereocenters. The molecule has 0 atom stereocenters. The minimum atomic E-state index is -0.0126. The second-order valence-corrected chi connectivity index (χ2v) is 8.09. The van der Waals surface area contributed by atoms with E-state index >= 15 is 0 Å². The number of halogens is 1. The second kappa shape index (κ2) is 8.28. The Labute approximate surface area is 173 Å². The smallest absolute Gasteiger partial charge is 0.227 e. The number of hydrogen-bond donors (Lipinski definition) is 2. The molecule has 0 saturated carbocycles. The Kier molecular flexibility index (Phi) is 6.00. The molecule has 4 heterocycles. The van der Waals surface area contributed by atoms with Crippen molar-refractivity contribution in [2.75, 3.05) is 29.0 Å². The molecule has 0 radical (unpaired) electrons. The first-order chi connectivity index (χ1) is 13.0. The normalized spacial score (nSPS) is 14.7. The van der Waals surface area contributed by atoms with Crippen LogP contribution in [-0.4, -0.2) is 33.9 Å². The lowest BCUT2D eigenvalue weighted by molar-refractivity contribution is -0.120. The maximum absolute atomic E-state index is 12.6. The first-order valence-electron chi connectivity index (χ1n) is 9.01. The predicted molar refractivity (Wildman–Crippen MR) is 116 cm³/mol. The van der Waals surface area contributed by atoms with Gasteiger partial charge in [0.25, 0.3) is 0 Å². The molecule has 3 aromatic heterocycles. The molecule has 0 aromatic carbocycles. The summed E-state index contributed by atoms with van der Waals surface area (Å²) in [7, 11) is 0. The Bertz CT molecular complexity index is 982. The fraction of sp³-hybridized carbons (Fsp3) is 0.368. The van der Waals surface area contributed by atoms with Gasteiger partial charge in [0.2, 0.25) is 5.91 Å². The van der Waals surface area contributed by atoms with Crippen LogP contribution in [0.2, 0.25) is 0 Å². The summed E-state index contributed by atoms with van der Waals surface area (Å²) in [5, 5.41) is 4.08. The number of thiophene rings is 1. The van der Waals surface area contributed by atoms with Gasteiger partial charge >= 0.3 is 0 Å². The minimum Gasteiger partial charge on any atom is -0.384 e. The van der Waals surface area contributed by atoms with Crippen molar-refractivity contribution in [3.63, 3.8) is 0 Å². The van der Waals surface area contributed by atoms with Gasteiger partial charge in [-0.2, -0.15) is 0 Å². The van der Waals surface area contributed by atoms with Crippen LogP contribution >= 0.6 is 23.7 Å². The number of nitrogens with one attached hydrogen (secondary N) is 1. The molecule has 0 spiro atoms. The number of hydrogen-bond acceptors (Lipinski definition) is 7. The van der Waals surface area contributed by atoms with Gasteiger partial charge in [-0.1, -0.05) is 0 Å². The average molecular weight is 419 g/mol. The number of rotatable bonds is 3. The number of nitrogen functional groups attached to an aromatic ring is 1. The van der Waals surface area contributed by atoms with Crippen LogP contribution in [0.15, 0.2) is 24.7 Å². The van der Waals surface area contributed by atoms with Gasteiger partial charge in [-0.05, 0) is 44.4 Å². The molecule has 9 heteroatoms. The molecule has 7 nitrogen and oxygen atoms in total. The maximum atomic E-state index is 12.6. The van der Waals surface area contributed by atoms with E-state index < -0.39 is 0 Å². The fourth-order valence-corrected chi connectivity index (χ4v) is 4.47. The van der Waals surface area contributed by atoms with E-state index in [2.05, 4.69) is 39.0 Å². The van der Waals surface area contributed by atoms with E-state index in [0.29, 0.717) is 11.5 Å². The third-order valence-electron chi connectivity index (χ3n) is 5.16. The molecule has 1 aliphatic rings. The zero-order chi connectivity index (χ0) is 19.0. The summed E-state index contributed by atoms with van der Waals surface area (Å²) in [6, 6.07) is 3.46. The number of anilines is 3. The first-order valence-corrected chi connectivity index (χ1v) is 9.82. The molecule has 1 fully saturated rings. The highest BCUT2D eigenvalue weighted by Crippen LogP contribution is 2.35. The molecule has 0 bridgehead atoms. The number of fused-ring (bicyclic) bond motifs is 1. The van der Waals surface area contributed by atoms with E-state index in [9.17, 15) is 4.79 Å². The van der Waals surface area contributed by atoms with Crippen molar-refractivity contribution in [2.24, 2.45) is 5.92 Å². The standard InChI is InChI=1S/C19H22N6OS.ClH/c1-11-12(2)27-19-16(11)17(22-10-23-19)25-7-5-13(6-8-25)18(26)24-14-3-4-15(20)21-9-14;/h3-4,9-10,13H,5-8H2,1-2H3,(H2,20,21)(H,24,26);1H. The number of aromatic nitrogens is 3. The summed E-state index contributed by atoms with van der Waals surface area (Å²) in [5.74, 6) is 1.46. The summed E-state index contributed by atoms with van der Waals surface area (Å²) in [6.45, 7) is 5.85. The number of nitrogens with zero attached hydrogens (tertiary/aromatic N) is 4. The number of pyridine rings is 1. The molecular weight excluding hydrogens is 396 g/mol. The van der Waals surface area contributed by atoms with Crippen LogP contribution in [0.1, 0.15) is 23.3 Å². The summed E-state index contributed by atoms with van der Waals surface area (Å²) >= 11 is 1.71. The lowest BCUT2D eigenvalue weighted by Crippen LogP contribution is -2.38. The maximum Gasteiger partial charge on any atom is 0.227 e. The van der Waals surface area contributed by atoms with Crippen LogP contribution in [0.25, 0.3) is 10.2 Å². The predicted octanol–water partition coefficient (Wildman–Crippen LogP) is 3.56. The van der Waals surface area contributed by atoms with Crippen molar-refractivity contribution in [1.29, 1.82) is 0 Å². The number of amides is 1. The number of nitrogens with two attached hydrogens (primary N) is 1. The third-order valence-corrected chi connectivity index (χ3v) is 6.28. The summed E-state index contributed by atoms with van der Waals surface area (Å²) in [6.07, 6.45) is 4.81. The Balaban J connectivity index is 0.00000225. The van der Waals surface area contributed by atoms with E-state index in [-0.39, 0.29) is 24.2 Å². The molecule has 148 valence electrons. The zero-order valence-electron chi connectivity index (χ0n) is 15.8. The minimum absolute atomic E-state index is 0. The van der Waals surface area contributed by atoms with Crippen molar-refractivity contribution < 1.29 is 4.79 Å². The SMILES string of the molecule is Cc1sc2ncnc(N3CCC(C(=O)Nc4ccc(N)nc4)CC3)c2c1C.Cl. The Morgan fingerprint density at radius 2 is 1.96 bits per heavy atom. The monoisotopic (exact) mass is 418 g/mol.